The molecule has 3 N–H and O–H groups in total. The number of rotatable bonds is 1. The van der Waals surface area contributed by atoms with Crippen LogP contribution >= 0.6 is 0 Å². The Kier molecular flexibility index (Phi) is 5.44. The average Bonchev–Trinajstić information content (AvgIpc) is 2.69. The first-order chi connectivity index (χ1) is 10.5. The van der Waals surface area contributed by atoms with Crippen molar-refractivity contribution in [1.82, 2.24) is 0 Å². The van der Waals surface area contributed by atoms with Crippen LogP contribution in [0.15, 0.2) is 23.3 Å². The highest BCUT2D eigenvalue weighted by Gasteiger charge is 2.49. The summed E-state index contributed by atoms with van der Waals surface area (Å²) in [6, 6.07) is 0. The van der Waals surface area contributed by atoms with Crippen molar-refractivity contribution in [2.24, 2.45) is 17.8 Å². The lowest BCUT2D eigenvalue weighted by Gasteiger charge is -2.37. The molecule has 0 saturated heterocycles. The lowest BCUT2D eigenvalue weighted by atomic mass is 9.74. The molecule has 1 saturated carbocycles. The molecule has 0 bridgehead atoms. The second-order valence-corrected chi connectivity index (χ2v) is 8.52. The Bertz CT molecular complexity index is 485. The van der Waals surface area contributed by atoms with Gasteiger partial charge in [0.2, 0.25) is 0 Å². The number of hydrogen-bond acceptors (Lipinski definition) is 3. The Morgan fingerprint density at radius 1 is 1.13 bits per heavy atom. The quantitative estimate of drug-likeness (QED) is 0.647. The van der Waals surface area contributed by atoms with E-state index in [2.05, 4.69) is 26.0 Å². The van der Waals surface area contributed by atoms with Crippen molar-refractivity contribution in [2.75, 3.05) is 0 Å². The van der Waals surface area contributed by atoms with Gasteiger partial charge in [-0.15, -0.1) is 0 Å². The summed E-state index contributed by atoms with van der Waals surface area (Å²) in [7, 11) is 0. The molecule has 2 aliphatic rings. The van der Waals surface area contributed by atoms with Gasteiger partial charge in [-0.25, -0.2) is 0 Å². The van der Waals surface area contributed by atoms with Gasteiger partial charge in [0.1, 0.15) is 0 Å². The van der Waals surface area contributed by atoms with E-state index in [1.807, 2.05) is 20.8 Å². The van der Waals surface area contributed by atoms with Crippen molar-refractivity contribution in [3.63, 3.8) is 0 Å². The predicted octanol–water partition coefficient (Wildman–Crippen LogP) is 3.59. The van der Waals surface area contributed by atoms with Crippen molar-refractivity contribution in [2.45, 2.75) is 84.0 Å². The molecule has 2 rings (SSSR count). The third-order valence-corrected chi connectivity index (χ3v) is 5.99. The molecule has 0 aromatic carbocycles. The summed E-state index contributed by atoms with van der Waals surface area (Å²) in [5.74, 6) is 0.147. The van der Waals surface area contributed by atoms with E-state index >= 15 is 0 Å². The van der Waals surface area contributed by atoms with Gasteiger partial charge in [-0.05, 0) is 70.3 Å². The third-order valence-electron chi connectivity index (χ3n) is 5.99. The molecule has 0 aliphatic heterocycles. The third kappa shape index (κ3) is 4.07. The van der Waals surface area contributed by atoms with Crippen LogP contribution in [0.1, 0.15) is 66.7 Å². The van der Waals surface area contributed by atoms with Crippen LogP contribution in [0, 0.1) is 17.8 Å². The minimum absolute atomic E-state index is 0.0326. The summed E-state index contributed by atoms with van der Waals surface area (Å²) in [6.07, 6.45) is 7.38. The molecular weight excluding hydrogens is 288 g/mol. The van der Waals surface area contributed by atoms with E-state index in [0.717, 1.165) is 18.4 Å². The van der Waals surface area contributed by atoms with Crippen molar-refractivity contribution < 1.29 is 15.3 Å². The van der Waals surface area contributed by atoms with E-state index < -0.39 is 17.3 Å². The second kappa shape index (κ2) is 6.70. The molecule has 132 valence electrons. The van der Waals surface area contributed by atoms with Gasteiger partial charge >= 0.3 is 0 Å². The molecule has 3 nitrogen and oxygen atoms in total. The number of allylic oxidation sites excluding steroid dienone is 1. The maximum atomic E-state index is 11.0. The largest absolute Gasteiger partial charge is 0.390 e. The van der Waals surface area contributed by atoms with E-state index in [-0.39, 0.29) is 17.8 Å². The molecule has 0 heterocycles. The van der Waals surface area contributed by atoms with Gasteiger partial charge in [0.25, 0.3) is 0 Å². The predicted molar refractivity (Wildman–Crippen MR) is 94.0 cm³/mol. The molecular formula is C20H34O3. The summed E-state index contributed by atoms with van der Waals surface area (Å²) < 4.78 is 0. The maximum Gasteiger partial charge on any atom is 0.0789 e. The maximum absolute atomic E-state index is 11.0. The zero-order chi connectivity index (χ0) is 17.4. The van der Waals surface area contributed by atoms with E-state index in [1.165, 1.54) is 5.57 Å². The van der Waals surface area contributed by atoms with Crippen LogP contribution in [0.4, 0.5) is 0 Å². The minimum atomic E-state index is -0.814. The summed E-state index contributed by atoms with van der Waals surface area (Å²) in [6.45, 7) is 10.0. The van der Waals surface area contributed by atoms with Crippen LogP contribution in [0.25, 0.3) is 0 Å². The Balaban J connectivity index is 2.49. The second-order valence-electron chi connectivity index (χ2n) is 8.52. The highest BCUT2D eigenvalue weighted by molar-refractivity contribution is 5.21. The molecule has 1 fully saturated rings. The van der Waals surface area contributed by atoms with Crippen molar-refractivity contribution in [1.29, 1.82) is 0 Å². The molecule has 0 spiro atoms. The van der Waals surface area contributed by atoms with Crippen LogP contribution in [-0.4, -0.2) is 32.6 Å². The lowest BCUT2D eigenvalue weighted by Crippen LogP contribution is -2.41. The molecule has 0 aromatic rings. The first-order valence-electron chi connectivity index (χ1n) is 9.04. The number of aliphatic hydroxyl groups is 3. The van der Waals surface area contributed by atoms with E-state index in [0.29, 0.717) is 19.3 Å². The Hall–Kier alpha value is -0.640. The van der Waals surface area contributed by atoms with Crippen LogP contribution in [0.5, 0.6) is 0 Å². The molecule has 0 unspecified atom stereocenters. The smallest absolute Gasteiger partial charge is 0.0789 e. The van der Waals surface area contributed by atoms with Crippen molar-refractivity contribution >= 4 is 0 Å². The molecule has 23 heavy (non-hydrogen) atoms. The fourth-order valence-corrected chi connectivity index (χ4v) is 4.42. The normalized spacial score (nSPS) is 42.7. The molecule has 0 amide bonds. The van der Waals surface area contributed by atoms with Gasteiger partial charge in [0.15, 0.2) is 0 Å². The first kappa shape index (κ1) is 18.7. The fourth-order valence-electron chi connectivity index (χ4n) is 4.42. The Labute approximate surface area is 141 Å². The summed E-state index contributed by atoms with van der Waals surface area (Å²) in [5.41, 5.74) is 0.548. The number of aliphatic hydroxyl groups excluding tert-OH is 1. The molecule has 3 heteroatoms. The van der Waals surface area contributed by atoms with Crippen molar-refractivity contribution in [3.05, 3.63) is 23.3 Å². The molecule has 2 aliphatic carbocycles. The van der Waals surface area contributed by atoms with Gasteiger partial charge in [0, 0.05) is 5.92 Å². The monoisotopic (exact) mass is 322 g/mol. The van der Waals surface area contributed by atoms with Gasteiger partial charge in [0.05, 0.1) is 17.3 Å². The van der Waals surface area contributed by atoms with Gasteiger partial charge in [-0.1, -0.05) is 31.6 Å². The highest BCUT2D eigenvalue weighted by Crippen LogP contribution is 2.48. The minimum Gasteiger partial charge on any atom is -0.390 e. The van der Waals surface area contributed by atoms with Crippen LogP contribution in [-0.2, 0) is 0 Å². The summed E-state index contributed by atoms with van der Waals surface area (Å²) in [5, 5.41) is 32.6. The van der Waals surface area contributed by atoms with E-state index in [9.17, 15) is 15.3 Å². The van der Waals surface area contributed by atoms with Crippen LogP contribution < -0.4 is 0 Å². The highest BCUT2D eigenvalue weighted by atomic mass is 16.3. The SMILES string of the molecule is CC1=CCC[C@@](C)(O)[C@@H]2CC[C@](C)(O)[C@H]2C=C(C(C)C)[C@@H](O)C1. The molecule has 0 radical (unpaired) electrons. The van der Waals surface area contributed by atoms with E-state index in [1.54, 1.807) is 0 Å². The van der Waals surface area contributed by atoms with Crippen LogP contribution in [0.2, 0.25) is 0 Å². The van der Waals surface area contributed by atoms with Crippen molar-refractivity contribution in [3.8, 4) is 0 Å². The topological polar surface area (TPSA) is 60.7 Å². The summed E-state index contributed by atoms with van der Waals surface area (Å²) in [4.78, 5) is 0. The summed E-state index contributed by atoms with van der Waals surface area (Å²) >= 11 is 0. The number of hydrogen-bond donors (Lipinski definition) is 3. The lowest BCUT2D eigenvalue weighted by molar-refractivity contribution is -0.0455. The van der Waals surface area contributed by atoms with Crippen LogP contribution in [0.3, 0.4) is 0 Å². The van der Waals surface area contributed by atoms with E-state index in [4.69, 9.17) is 0 Å². The number of fused-ring (bicyclic) bond motifs is 1. The zero-order valence-corrected chi connectivity index (χ0v) is 15.3. The van der Waals surface area contributed by atoms with Gasteiger partial charge < -0.3 is 15.3 Å². The van der Waals surface area contributed by atoms with Gasteiger partial charge in [-0.3, -0.25) is 0 Å². The standard InChI is InChI=1S/C20H34O3/c1-13(2)15-12-17-16(8-10-20(17,5)23)19(4,22)9-6-7-14(3)11-18(15)21/h7,12-13,16-18,21-23H,6,8-11H2,1-5H3/t16-,17+,18+,19-,20+/m1/s1. The fraction of sp³-hybridized carbons (Fsp3) is 0.800. The molecule has 5 atom stereocenters. The molecule has 0 aromatic heterocycles. The van der Waals surface area contributed by atoms with Gasteiger partial charge in [-0.2, -0.15) is 0 Å². The average molecular weight is 322 g/mol. The Morgan fingerprint density at radius 3 is 2.39 bits per heavy atom. The Morgan fingerprint density at radius 2 is 1.78 bits per heavy atom. The zero-order valence-electron chi connectivity index (χ0n) is 15.3. The first-order valence-corrected chi connectivity index (χ1v) is 9.04.